The summed E-state index contributed by atoms with van der Waals surface area (Å²) in [5, 5.41) is 0. The lowest BCUT2D eigenvalue weighted by Crippen LogP contribution is -2.07. The summed E-state index contributed by atoms with van der Waals surface area (Å²) in [6, 6.07) is 10.1. The van der Waals surface area contributed by atoms with Crippen LogP contribution < -0.4 is 4.31 Å². The van der Waals surface area contributed by atoms with E-state index in [4.69, 9.17) is 0 Å². The van der Waals surface area contributed by atoms with Gasteiger partial charge >= 0.3 is 0 Å². The molecule has 0 saturated carbocycles. The summed E-state index contributed by atoms with van der Waals surface area (Å²) in [5.41, 5.74) is 1.15. The number of hydrogen-bond acceptors (Lipinski definition) is 2. The van der Waals surface area contributed by atoms with Gasteiger partial charge in [-0.1, -0.05) is 31.0 Å². The Labute approximate surface area is 67.2 Å². The van der Waals surface area contributed by atoms with Gasteiger partial charge in [0.25, 0.3) is 0 Å². The molecule has 1 aromatic carbocycles. The monoisotopic (exact) mass is 153 g/mol. The van der Waals surface area contributed by atoms with Crippen molar-refractivity contribution in [2.75, 3.05) is 10.8 Å². The predicted octanol–water partition coefficient (Wildman–Crippen LogP) is 2.36. The van der Waals surface area contributed by atoms with Crippen molar-refractivity contribution in [1.82, 2.24) is 0 Å². The molecule has 0 aliphatic heterocycles. The van der Waals surface area contributed by atoms with Gasteiger partial charge in [0.1, 0.15) is 0 Å². The highest BCUT2D eigenvalue weighted by Gasteiger charge is 1.93. The van der Waals surface area contributed by atoms with E-state index in [0.29, 0.717) is 0 Å². The van der Waals surface area contributed by atoms with Crippen molar-refractivity contribution in [3.63, 3.8) is 0 Å². The van der Waals surface area contributed by atoms with Crippen LogP contribution in [0.15, 0.2) is 30.3 Å². The van der Waals surface area contributed by atoms with Gasteiger partial charge < -0.3 is 4.31 Å². The fraction of sp³-hybridized carbons (Fsp3) is 0.250. The predicted molar refractivity (Wildman–Crippen MR) is 48.4 cm³/mol. The van der Waals surface area contributed by atoms with Gasteiger partial charge in [-0.3, -0.25) is 0 Å². The van der Waals surface area contributed by atoms with Crippen LogP contribution in [0, 0.1) is 0 Å². The van der Waals surface area contributed by atoms with E-state index in [1.807, 2.05) is 34.6 Å². The molecule has 0 spiro atoms. The van der Waals surface area contributed by atoms with Crippen LogP contribution in [-0.4, -0.2) is 6.54 Å². The molecule has 2 heteroatoms. The number of rotatable bonds is 2. The van der Waals surface area contributed by atoms with E-state index >= 15 is 0 Å². The molecule has 0 radical (unpaired) electrons. The zero-order chi connectivity index (χ0) is 7.40. The number of para-hydroxylation sites is 1. The fourth-order valence-corrected chi connectivity index (χ4v) is 0.916. The Hall–Kier alpha value is -0.630. The third kappa shape index (κ3) is 1.67. The molecular weight excluding hydrogens is 142 g/mol. The maximum Gasteiger partial charge on any atom is 0.0467 e. The highest BCUT2D eigenvalue weighted by molar-refractivity contribution is 7.81. The molecule has 1 nitrogen and oxygen atoms in total. The van der Waals surface area contributed by atoms with Crippen LogP contribution in [0.5, 0.6) is 0 Å². The van der Waals surface area contributed by atoms with E-state index in [0.717, 1.165) is 12.2 Å². The number of anilines is 1. The molecule has 0 atom stereocenters. The first-order valence-electron chi connectivity index (χ1n) is 3.36. The van der Waals surface area contributed by atoms with Crippen LogP contribution in [0.2, 0.25) is 0 Å². The minimum absolute atomic E-state index is 0.924. The first-order valence-corrected chi connectivity index (χ1v) is 3.76. The summed E-state index contributed by atoms with van der Waals surface area (Å²) >= 11 is 4.25. The molecule has 0 unspecified atom stereocenters. The van der Waals surface area contributed by atoms with Crippen molar-refractivity contribution in [1.29, 1.82) is 0 Å². The van der Waals surface area contributed by atoms with Crippen molar-refractivity contribution >= 4 is 18.5 Å². The molecule has 0 bridgehead atoms. The van der Waals surface area contributed by atoms with Gasteiger partial charge in [-0.2, -0.15) is 0 Å². The third-order valence-corrected chi connectivity index (χ3v) is 1.87. The van der Waals surface area contributed by atoms with Crippen LogP contribution >= 0.6 is 12.8 Å². The van der Waals surface area contributed by atoms with Crippen molar-refractivity contribution in [2.45, 2.75) is 6.92 Å². The maximum atomic E-state index is 4.25. The summed E-state index contributed by atoms with van der Waals surface area (Å²) in [7, 11) is 0. The van der Waals surface area contributed by atoms with Crippen LogP contribution in [0.4, 0.5) is 5.69 Å². The summed E-state index contributed by atoms with van der Waals surface area (Å²) in [4.78, 5) is 0. The zero-order valence-electron chi connectivity index (χ0n) is 5.99. The molecule has 1 aromatic rings. The summed E-state index contributed by atoms with van der Waals surface area (Å²) in [6.45, 7) is 2.99. The summed E-state index contributed by atoms with van der Waals surface area (Å²) in [5.74, 6) is 0. The zero-order valence-corrected chi connectivity index (χ0v) is 6.88. The van der Waals surface area contributed by atoms with Crippen LogP contribution in [-0.2, 0) is 0 Å². The first-order chi connectivity index (χ1) is 4.84. The molecule has 0 heterocycles. The molecule has 0 aliphatic rings. The molecule has 0 saturated heterocycles. The largest absolute Gasteiger partial charge is 0.319 e. The maximum absolute atomic E-state index is 4.25. The average molecular weight is 153 g/mol. The SMILES string of the molecule is CCN(S)c1ccccc1. The molecular formula is C8H11NS. The Morgan fingerprint density at radius 2 is 1.90 bits per heavy atom. The Morgan fingerprint density at radius 3 is 2.40 bits per heavy atom. The summed E-state index contributed by atoms with van der Waals surface area (Å²) in [6.07, 6.45) is 0. The van der Waals surface area contributed by atoms with E-state index in [1.165, 1.54) is 0 Å². The van der Waals surface area contributed by atoms with Gasteiger partial charge in [-0.05, 0) is 19.1 Å². The number of nitrogens with zero attached hydrogens (tertiary/aromatic N) is 1. The second-order valence-electron chi connectivity index (χ2n) is 2.05. The van der Waals surface area contributed by atoms with Crippen LogP contribution in [0.3, 0.4) is 0 Å². The molecule has 0 aromatic heterocycles. The number of benzene rings is 1. The van der Waals surface area contributed by atoms with Crippen LogP contribution in [0.25, 0.3) is 0 Å². The van der Waals surface area contributed by atoms with Crippen molar-refractivity contribution in [3.8, 4) is 0 Å². The minimum atomic E-state index is 0.924. The molecule has 0 fully saturated rings. The van der Waals surface area contributed by atoms with E-state index in [-0.39, 0.29) is 0 Å². The second-order valence-corrected chi connectivity index (χ2v) is 2.53. The van der Waals surface area contributed by atoms with Gasteiger partial charge in [-0.25, -0.2) is 0 Å². The van der Waals surface area contributed by atoms with Gasteiger partial charge in [0, 0.05) is 12.2 Å². The highest BCUT2D eigenvalue weighted by atomic mass is 32.1. The van der Waals surface area contributed by atoms with E-state index in [9.17, 15) is 0 Å². The Kier molecular flexibility index (Phi) is 2.63. The molecule has 0 N–H and O–H groups in total. The molecule has 0 aliphatic carbocycles. The fourth-order valence-electron chi connectivity index (χ4n) is 0.783. The lowest BCUT2D eigenvalue weighted by atomic mass is 10.3. The van der Waals surface area contributed by atoms with Crippen molar-refractivity contribution in [2.24, 2.45) is 0 Å². The Balaban J connectivity index is 2.75. The van der Waals surface area contributed by atoms with Gasteiger partial charge in [0.05, 0.1) is 0 Å². The third-order valence-electron chi connectivity index (χ3n) is 1.35. The smallest absolute Gasteiger partial charge is 0.0467 e. The summed E-state index contributed by atoms with van der Waals surface area (Å²) < 4.78 is 1.90. The number of hydrogen-bond donors (Lipinski definition) is 1. The Bertz CT molecular complexity index is 186. The van der Waals surface area contributed by atoms with Gasteiger partial charge in [-0.15, -0.1) is 0 Å². The molecule has 0 amide bonds. The first kappa shape index (κ1) is 7.48. The standard InChI is InChI=1S/C8H11NS/c1-2-9(10)8-6-4-3-5-7-8/h3-7,10H,2H2,1H3. The lowest BCUT2D eigenvalue weighted by Gasteiger charge is -2.13. The topological polar surface area (TPSA) is 3.24 Å². The molecule has 10 heavy (non-hydrogen) atoms. The van der Waals surface area contributed by atoms with Crippen LogP contribution in [0.1, 0.15) is 6.92 Å². The van der Waals surface area contributed by atoms with Gasteiger partial charge in [0.15, 0.2) is 0 Å². The Morgan fingerprint density at radius 1 is 1.30 bits per heavy atom. The van der Waals surface area contributed by atoms with E-state index in [2.05, 4.69) is 19.7 Å². The highest BCUT2D eigenvalue weighted by Crippen LogP contribution is 2.13. The lowest BCUT2D eigenvalue weighted by molar-refractivity contribution is 1.12. The van der Waals surface area contributed by atoms with Crippen molar-refractivity contribution < 1.29 is 0 Å². The molecule has 54 valence electrons. The number of thiol groups is 1. The second kappa shape index (κ2) is 3.52. The normalized spacial score (nSPS) is 9.40. The van der Waals surface area contributed by atoms with E-state index in [1.54, 1.807) is 0 Å². The van der Waals surface area contributed by atoms with Gasteiger partial charge in [0.2, 0.25) is 0 Å². The average Bonchev–Trinajstić information content (AvgIpc) is 2.05. The van der Waals surface area contributed by atoms with Crippen molar-refractivity contribution in [3.05, 3.63) is 30.3 Å². The van der Waals surface area contributed by atoms with E-state index < -0.39 is 0 Å². The molecule has 1 rings (SSSR count). The minimum Gasteiger partial charge on any atom is -0.319 e. The quantitative estimate of drug-likeness (QED) is 0.638.